The minimum Gasteiger partial charge on any atom is -0.381 e. The molecule has 1 aromatic heterocycles. The first-order chi connectivity index (χ1) is 9.65. The molecule has 1 aliphatic rings. The highest BCUT2D eigenvalue weighted by Crippen LogP contribution is 2.18. The zero-order valence-corrected chi connectivity index (χ0v) is 13.0. The molecule has 0 aliphatic carbocycles. The van der Waals surface area contributed by atoms with Gasteiger partial charge in [0.25, 0.3) is 0 Å². The van der Waals surface area contributed by atoms with Crippen molar-refractivity contribution in [3.05, 3.63) is 5.15 Å². The molecule has 2 heterocycles. The molecule has 112 valence electrons. The highest BCUT2D eigenvalue weighted by molar-refractivity contribution is 6.31. The van der Waals surface area contributed by atoms with Crippen molar-refractivity contribution in [2.75, 3.05) is 36.8 Å². The monoisotopic (exact) mass is 298 g/mol. The lowest BCUT2D eigenvalue weighted by Gasteiger charge is -2.39. The van der Waals surface area contributed by atoms with Crippen LogP contribution in [0.15, 0.2) is 0 Å². The number of hydrogen-bond acceptors (Lipinski definition) is 6. The van der Waals surface area contributed by atoms with E-state index in [0.717, 1.165) is 26.2 Å². The smallest absolute Gasteiger partial charge is 0.247 e. The number of nitrogens with two attached hydrogens (primary N) is 1. The van der Waals surface area contributed by atoms with Crippen LogP contribution in [-0.4, -0.2) is 52.3 Å². The number of hydrogen-bond donors (Lipinski definition) is 1. The Morgan fingerprint density at radius 3 is 2.45 bits per heavy atom. The largest absolute Gasteiger partial charge is 0.381 e. The van der Waals surface area contributed by atoms with E-state index in [1.807, 2.05) is 0 Å². The maximum Gasteiger partial charge on any atom is 0.247 e. The first kappa shape index (κ1) is 15.3. The molecule has 1 aliphatic heterocycles. The SMILES string of the molecule is CCCC(CC)N1CCN(c2nnc(Cl)c(N)n2)CC1. The molecule has 20 heavy (non-hydrogen) atoms. The fraction of sp³-hybridized carbons (Fsp3) is 0.769. The van der Waals surface area contributed by atoms with Crippen LogP contribution in [0.1, 0.15) is 33.1 Å². The van der Waals surface area contributed by atoms with Gasteiger partial charge in [-0.2, -0.15) is 4.98 Å². The van der Waals surface area contributed by atoms with Crippen LogP contribution in [0.3, 0.4) is 0 Å². The van der Waals surface area contributed by atoms with Gasteiger partial charge in [-0.1, -0.05) is 31.9 Å². The Bertz CT molecular complexity index is 433. The maximum atomic E-state index is 5.75. The van der Waals surface area contributed by atoms with Gasteiger partial charge in [0, 0.05) is 32.2 Å². The molecular weight excluding hydrogens is 276 g/mol. The van der Waals surface area contributed by atoms with Gasteiger partial charge in [0.1, 0.15) is 0 Å². The van der Waals surface area contributed by atoms with Gasteiger partial charge in [-0.25, -0.2) is 0 Å². The van der Waals surface area contributed by atoms with Crippen LogP contribution in [0.2, 0.25) is 5.15 Å². The summed E-state index contributed by atoms with van der Waals surface area (Å²) < 4.78 is 0. The molecule has 2 rings (SSSR count). The van der Waals surface area contributed by atoms with Crippen molar-refractivity contribution in [3.8, 4) is 0 Å². The van der Waals surface area contributed by atoms with E-state index >= 15 is 0 Å². The normalized spacial score (nSPS) is 18.2. The van der Waals surface area contributed by atoms with Gasteiger partial charge in [0.2, 0.25) is 5.95 Å². The average Bonchev–Trinajstić information content (AvgIpc) is 2.48. The zero-order valence-electron chi connectivity index (χ0n) is 12.2. The van der Waals surface area contributed by atoms with Crippen LogP contribution in [-0.2, 0) is 0 Å². The number of piperazine rings is 1. The van der Waals surface area contributed by atoms with Gasteiger partial charge < -0.3 is 10.6 Å². The first-order valence-electron chi connectivity index (χ1n) is 7.30. The molecule has 0 saturated carbocycles. The van der Waals surface area contributed by atoms with Crippen molar-refractivity contribution in [1.82, 2.24) is 20.1 Å². The van der Waals surface area contributed by atoms with E-state index < -0.39 is 0 Å². The fourth-order valence-electron chi connectivity index (χ4n) is 2.72. The Hall–Kier alpha value is -1.14. The number of anilines is 2. The third-order valence-electron chi connectivity index (χ3n) is 3.87. The number of aromatic nitrogens is 3. The second-order valence-corrected chi connectivity index (χ2v) is 5.52. The molecule has 1 aromatic rings. The van der Waals surface area contributed by atoms with Gasteiger partial charge >= 0.3 is 0 Å². The quantitative estimate of drug-likeness (QED) is 0.894. The summed E-state index contributed by atoms with van der Waals surface area (Å²) in [4.78, 5) is 8.88. The molecule has 2 N–H and O–H groups in total. The second kappa shape index (κ2) is 7.04. The summed E-state index contributed by atoms with van der Waals surface area (Å²) in [5, 5.41) is 8.02. The Kier molecular flexibility index (Phi) is 5.37. The van der Waals surface area contributed by atoms with Crippen molar-refractivity contribution in [2.45, 2.75) is 39.2 Å². The molecule has 7 heteroatoms. The molecule has 0 bridgehead atoms. The van der Waals surface area contributed by atoms with Crippen LogP contribution in [0, 0.1) is 0 Å². The number of nitrogens with zero attached hydrogens (tertiary/aromatic N) is 5. The third kappa shape index (κ3) is 3.49. The van der Waals surface area contributed by atoms with E-state index in [1.54, 1.807) is 0 Å². The zero-order chi connectivity index (χ0) is 14.5. The van der Waals surface area contributed by atoms with E-state index in [9.17, 15) is 0 Å². The lowest BCUT2D eigenvalue weighted by molar-refractivity contribution is 0.170. The molecule has 0 aromatic carbocycles. The summed E-state index contributed by atoms with van der Waals surface area (Å²) in [7, 11) is 0. The van der Waals surface area contributed by atoms with Gasteiger partial charge in [0.05, 0.1) is 0 Å². The summed E-state index contributed by atoms with van der Waals surface area (Å²) in [5.41, 5.74) is 5.68. The number of rotatable bonds is 5. The summed E-state index contributed by atoms with van der Waals surface area (Å²) in [6.07, 6.45) is 3.71. The molecule has 1 unspecified atom stereocenters. The van der Waals surface area contributed by atoms with Crippen molar-refractivity contribution >= 4 is 23.4 Å². The van der Waals surface area contributed by atoms with Gasteiger partial charge in [-0.3, -0.25) is 4.90 Å². The predicted octanol–water partition coefficient (Wildman–Crippen LogP) is 1.81. The Morgan fingerprint density at radius 1 is 1.20 bits per heavy atom. The van der Waals surface area contributed by atoms with Crippen molar-refractivity contribution < 1.29 is 0 Å². The Labute approximate surface area is 125 Å². The lowest BCUT2D eigenvalue weighted by atomic mass is 10.1. The number of halogens is 1. The Balaban J connectivity index is 1.95. The topological polar surface area (TPSA) is 71.2 Å². The van der Waals surface area contributed by atoms with Crippen LogP contribution in [0.25, 0.3) is 0 Å². The fourth-order valence-corrected chi connectivity index (χ4v) is 2.80. The summed E-state index contributed by atoms with van der Waals surface area (Å²) in [5.74, 6) is 0.826. The highest BCUT2D eigenvalue weighted by Gasteiger charge is 2.24. The molecule has 0 radical (unpaired) electrons. The van der Waals surface area contributed by atoms with E-state index in [4.69, 9.17) is 17.3 Å². The van der Waals surface area contributed by atoms with Gasteiger partial charge in [-0.15, -0.1) is 10.2 Å². The van der Waals surface area contributed by atoms with Crippen LogP contribution in [0.4, 0.5) is 11.8 Å². The van der Waals surface area contributed by atoms with Crippen LogP contribution < -0.4 is 10.6 Å². The average molecular weight is 299 g/mol. The molecule has 1 atom stereocenters. The molecule has 0 spiro atoms. The van der Waals surface area contributed by atoms with Crippen molar-refractivity contribution in [1.29, 1.82) is 0 Å². The highest BCUT2D eigenvalue weighted by atomic mass is 35.5. The molecule has 0 amide bonds. The lowest BCUT2D eigenvalue weighted by Crippen LogP contribution is -2.50. The first-order valence-corrected chi connectivity index (χ1v) is 7.68. The minimum atomic E-state index is 0.168. The van der Waals surface area contributed by atoms with E-state index in [1.165, 1.54) is 19.3 Å². The van der Waals surface area contributed by atoms with Gasteiger partial charge in [0.15, 0.2) is 11.0 Å². The summed E-state index contributed by atoms with van der Waals surface area (Å²) in [6.45, 7) is 8.38. The number of nitrogen functional groups attached to an aromatic ring is 1. The molecule has 6 nitrogen and oxygen atoms in total. The van der Waals surface area contributed by atoms with Gasteiger partial charge in [-0.05, 0) is 12.8 Å². The van der Waals surface area contributed by atoms with E-state index in [-0.39, 0.29) is 11.0 Å². The maximum absolute atomic E-state index is 5.75. The second-order valence-electron chi connectivity index (χ2n) is 5.16. The Morgan fingerprint density at radius 2 is 1.90 bits per heavy atom. The van der Waals surface area contributed by atoms with Crippen LogP contribution in [0.5, 0.6) is 0 Å². The standard InChI is InChI=1S/C13H23ClN6/c1-3-5-10(4-2)19-6-8-20(9-7-19)13-16-12(15)11(14)17-18-13/h10H,3-9H2,1-2H3,(H2,15,16,18). The minimum absolute atomic E-state index is 0.168. The van der Waals surface area contributed by atoms with E-state index in [0.29, 0.717) is 12.0 Å². The van der Waals surface area contributed by atoms with Crippen LogP contribution >= 0.6 is 11.6 Å². The molecular formula is C13H23ClN6. The molecule has 1 fully saturated rings. The predicted molar refractivity (Wildman–Crippen MR) is 82.0 cm³/mol. The van der Waals surface area contributed by atoms with Crippen molar-refractivity contribution in [2.24, 2.45) is 0 Å². The summed E-state index contributed by atoms with van der Waals surface area (Å²) in [6, 6.07) is 0.691. The third-order valence-corrected chi connectivity index (χ3v) is 4.13. The van der Waals surface area contributed by atoms with Crippen molar-refractivity contribution in [3.63, 3.8) is 0 Å². The molecule has 1 saturated heterocycles. The summed E-state index contributed by atoms with van der Waals surface area (Å²) >= 11 is 5.75. The van der Waals surface area contributed by atoms with E-state index in [2.05, 4.69) is 38.8 Å².